The number of rotatable bonds is 6. The maximum atomic E-state index is 4.38. The van der Waals surface area contributed by atoms with E-state index in [1.54, 1.807) is 11.3 Å². The van der Waals surface area contributed by atoms with Crippen LogP contribution in [0.3, 0.4) is 0 Å². The number of nitrogens with zero attached hydrogens (tertiary/aromatic N) is 3. The van der Waals surface area contributed by atoms with Crippen LogP contribution >= 0.6 is 11.3 Å². The zero-order chi connectivity index (χ0) is 16.7. The van der Waals surface area contributed by atoms with Crippen molar-refractivity contribution in [3.63, 3.8) is 0 Å². The molecule has 5 nitrogen and oxygen atoms in total. The smallest absolute Gasteiger partial charge is 0.191 e. The molecule has 0 bridgehead atoms. The Balaban J connectivity index is 1.82. The molecule has 0 amide bonds. The molecule has 130 valence electrons. The van der Waals surface area contributed by atoms with Gasteiger partial charge in [-0.25, -0.2) is 4.98 Å². The van der Waals surface area contributed by atoms with E-state index in [0.717, 1.165) is 30.0 Å². The molecule has 1 aromatic heterocycles. The molecule has 1 heterocycles. The fraction of sp³-hybridized carbons (Fsp3) is 0.765. The van der Waals surface area contributed by atoms with Crippen molar-refractivity contribution in [3.8, 4) is 0 Å². The standard InChI is InChI=1S/C17H31N5S/c1-13-10-19-16(23-13)12-21-17(18-2)20-11-15(22(3)4)14-8-6-5-7-9-14/h10,14-15H,5-9,11-12H2,1-4H3,(H2,18,20,21). The van der Waals surface area contributed by atoms with E-state index in [4.69, 9.17) is 0 Å². The van der Waals surface area contributed by atoms with Crippen LogP contribution < -0.4 is 10.6 Å². The van der Waals surface area contributed by atoms with Gasteiger partial charge < -0.3 is 15.5 Å². The van der Waals surface area contributed by atoms with Gasteiger partial charge in [-0.3, -0.25) is 4.99 Å². The predicted octanol–water partition coefficient (Wildman–Crippen LogP) is 2.63. The van der Waals surface area contributed by atoms with E-state index in [2.05, 4.69) is 46.5 Å². The van der Waals surface area contributed by atoms with Gasteiger partial charge in [-0.05, 0) is 39.8 Å². The van der Waals surface area contributed by atoms with Gasteiger partial charge in [0, 0.05) is 30.7 Å². The highest BCUT2D eigenvalue weighted by molar-refractivity contribution is 7.11. The van der Waals surface area contributed by atoms with Crippen LogP contribution in [0.15, 0.2) is 11.2 Å². The van der Waals surface area contributed by atoms with Crippen molar-refractivity contribution in [2.75, 3.05) is 27.7 Å². The average Bonchev–Trinajstić information content (AvgIpc) is 2.96. The van der Waals surface area contributed by atoms with Gasteiger partial charge in [0.15, 0.2) is 5.96 Å². The van der Waals surface area contributed by atoms with Crippen LogP contribution in [0.5, 0.6) is 0 Å². The Labute approximate surface area is 144 Å². The fourth-order valence-corrected chi connectivity index (χ4v) is 4.08. The molecule has 6 heteroatoms. The Kier molecular flexibility index (Phi) is 7.30. The number of hydrogen-bond donors (Lipinski definition) is 2. The Morgan fingerprint density at radius 2 is 2.09 bits per heavy atom. The molecule has 1 unspecified atom stereocenters. The highest BCUT2D eigenvalue weighted by atomic mass is 32.1. The molecule has 23 heavy (non-hydrogen) atoms. The fourth-order valence-electron chi connectivity index (χ4n) is 3.35. The predicted molar refractivity (Wildman–Crippen MR) is 99.1 cm³/mol. The van der Waals surface area contributed by atoms with Crippen molar-refractivity contribution in [2.45, 2.75) is 51.6 Å². The van der Waals surface area contributed by atoms with E-state index in [1.165, 1.54) is 37.0 Å². The Hall–Kier alpha value is -1.14. The summed E-state index contributed by atoms with van der Waals surface area (Å²) in [6, 6.07) is 0.566. The Morgan fingerprint density at radius 3 is 2.65 bits per heavy atom. The van der Waals surface area contributed by atoms with Crippen molar-refractivity contribution in [3.05, 3.63) is 16.1 Å². The van der Waals surface area contributed by atoms with Crippen molar-refractivity contribution < 1.29 is 0 Å². The van der Waals surface area contributed by atoms with Gasteiger partial charge in [0.05, 0.1) is 6.54 Å². The maximum Gasteiger partial charge on any atom is 0.191 e. The lowest BCUT2D eigenvalue weighted by atomic mass is 9.83. The number of likely N-dealkylation sites (N-methyl/N-ethyl adjacent to an activating group) is 1. The third kappa shape index (κ3) is 5.77. The van der Waals surface area contributed by atoms with Crippen LogP contribution in [0.25, 0.3) is 0 Å². The molecular formula is C17H31N5S. The maximum absolute atomic E-state index is 4.38. The number of thiazole rings is 1. The van der Waals surface area contributed by atoms with E-state index in [-0.39, 0.29) is 0 Å². The molecule has 1 atom stereocenters. The molecule has 1 aromatic rings. The summed E-state index contributed by atoms with van der Waals surface area (Å²) in [5, 5.41) is 7.96. The van der Waals surface area contributed by atoms with Crippen LogP contribution in [-0.2, 0) is 6.54 Å². The van der Waals surface area contributed by atoms with Crippen molar-refractivity contribution >= 4 is 17.3 Å². The summed E-state index contributed by atoms with van der Waals surface area (Å²) in [5.41, 5.74) is 0. The Bertz CT molecular complexity index is 491. The van der Waals surface area contributed by atoms with Gasteiger partial charge >= 0.3 is 0 Å². The van der Waals surface area contributed by atoms with Crippen LogP contribution in [0.2, 0.25) is 0 Å². The second kappa shape index (κ2) is 9.23. The number of hydrogen-bond acceptors (Lipinski definition) is 4. The van der Waals surface area contributed by atoms with Gasteiger partial charge in [0.2, 0.25) is 0 Å². The molecule has 0 spiro atoms. The van der Waals surface area contributed by atoms with Crippen LogP contribution in [0.4, 0.5) is 0 Å². The number of aliphatic imine (C=N–C) groups is 1. The average molecular weight is 338 g/mol. The molecule has 2 rings (SSSR count). The molecule has 0 radical (unpaired) electrons. The van der Waals surface area contributed by atoms with Gasteiger partial charge in [-0.2, -0.15) is 0 Å². The first-order valence-corrected chi connectivity index (χ1v) is 9.44. The van der Waals surface area contributed by atoms with Crippen LogP contribution in [-0.4, -0.2) is 49.6 Å². The largest absolute Gasteiger partial charge is 0.355 e. The van der Waals surface area contributed by atoms with E-state index in [0.29, 0.717) is 6.04 Å². The van der Waals surface area contributed by atoms with Gasteiger partial charge in [-0.15, -0.1) is 11.3 Å². The molecule has 1 fully saturated rings. The lowest BCUT2D eigenvalue weighted by Gasteiger charge is -2.35. The van der Waals surface area contributed by atoms with Crippen LogP contribution in [0, 0.1) is 12.8 Å². The normalized spacial score (nSPS) is 18.2. The molecule has 0 aliphatic heterocycles. The van der Waals surface area contributed by atoms with E-state index >= 15 is 0 Å². The minimum atomic E-state index is 0.566. The van der Waals surface area contributed by atoms with Gasteiger partial charge in [0.1, 0.15) is 5.01 Å². The molecule has 1 saturated carbocycles. The first-order valence-electron chi connectivity index (χ1n) is 8.62. The molecule has 1 aliphatic rings. The number of guanidine groups is 1. The monoisotopic (exact) mass is 337 g/mol. The summed E-state index contributed by atoms with van der Waals surface area (Å²) in [4.78, 5) is 12.3. The van der Waals surface area contributed by atoms with Gasteiger partial charge in [-0.1, -0.05) is 19.3 Å². The van der Waals surface area contributed by atoms with Crippen molar-refractivity contribution in [2.24, 2.45) is 10.9 Å². The molecule has 1 aliphatic carbocycles. The third-order valence-corrected chi connectivity index (χ3v) is 5.55. The van der Waals surface area contributed by atoms with Crippen molar-refractivity contribution in [1.82, 2.24) is 20.5 Å². The second-order valence-corrected chi connectivity index (χ2v) is 7.92. The summed E-state index contributed by atoms with van der Waals surface area (Å²) in [7, 11) is 6.21. The second-order valence-electron chi connectivity index (χ2n) is 6.60. The minimum Gasteiger partial charge on any atom is -0.355 e. The lowest BCUT2D eigenvalue weighted by Crippen LogP contribution is -2.48. The van der Waals surface area contributed by atoms with E-state index in [1.807, 2.05) is 13.2 Å². The minimum absolute atomic E-state index is 0.566. The zero-order valence-electron chi connectivity index (χ0n) is 14.9. The lowest BCUT2D eigenvalue weighted by molar-refractivity contribution is 0.171. The quantitative estimate of drug-likeness (QED) is 0.619. The summed E-state index contributed by atoms with van der Waals surface area (Å²) < 4.78 is 0. The number of aromatic nitrogens is 1. The Morgan fingerprint density at radius 1 is 1.35 bits per heavy atom. The van der Waals surface area contributed by atoms with Gasteiger partial charge in [0.25, 0.3) is 0 Å². The number of aryl methyl sites for hydroxylation is 1. The molecule has 0 aromatic carbocycles. The summed E-state index contributed by atoms with van der Waals surface area (Å²) in [6.07, 6.45) is 8.80. The van der Waals surface area contributed by atoms with E-state index < -0.39 is 0 Å². The zero-order valence-corrected chi connectivity index (χ0v) is 15.7. The number of nitrogens with one attached hydrogen (secondary N) is 2. The summed E-state index contributed by atoms with van der Waals surface area (Å²) in [6.45, 7) is 3.75. The van der Waals surface area contributed by atoms with E-state index in [9.17, 15) is 0 Å². The molecule has 2 N–H and O–H groups in total. The first kappa shape index (κ1) is 18.2. The summed E-state index contributed by atoms with van der Waals surface area (Å²) >= 11 is 1.73. The topological polar surface area (TPSA) is 52.6 Å². The SMILES string of the molecule is CN=C(NCc1ncc(C)s1)NCC(C1CCCCC1)N(C)C. The molecule has 0 saturated heterocycles. The first-order chi connectivity index (χ1) is 11.1. The highest BCUT2D eigenvalue weighted by Gasteiger charge is 2.25. The summed E-state index contributed by atoms with van der Waals surface area (Å²) in [5.74, 6) is 1.66. The van der Waals surface area contributed by atoms with Crippen molar-refractivity contribution in [1.29, 1.82) is 0 Å². The highest BCUT2D eigenvalue weighted by Crippen LogP contribution is 2.28. The van der Waals surface area contributed by atoms with Crippen LogP contribution in [0.1, 0.15) is 42.0 Å². The molecular weight excluding hydrogens is 306 g/mol. The third-order valence-electron chi connectivity index (χ3n) is 4.64.